The van der Waals surface area contributed by atoms with Crippen molar-refractivity contribution in [3.63, 3.8) is 0 Å². The van der Waals surface area contributed by atoms with Crippen molar-refractivity contribution >= 4 is 22.9 Å². The fourth-order valence-electron chi connectivity index (χ4n) is 2.05. The zero-order chi connectivity index (χ0) is 14.0. The second kappa shape index (κ2) is 5.95. The van der Waals surface area contributed by atoms with Crippen LogP contribution in [-0.4, -0.2) is 6.04 Å². The number of halogens is 1. The lowest BCUT2D eigenvalue weighted by atomic mass is 10.1. The Morgan fingerprint density at radius 1 is 1.16 bits per heavy atom. The molecule has 0 spiro atoms. The van der Waals surface area contributed by atoms with Crippen LogP contribution in [0.15, 0.2) is 30.3 Å². The summed E-state index contributed by atoms with van der Waals surface area (Å²) in [5.74, 6) is 0.851. The molecule has 0 aliphatic carbocycles. The van der Waals surface area contributed by atoms with Gasteiger partial charge in [0.25, 0.3) is 0 Å². The summed E-state index contributed by atoms with van der Waals surface area (Å²) in [6.07, 6.45) is -0.168. The minimum Gasteiger partial charge on any atom is -0.483 e. The van der Waals surface area contributed by atoms with Crippen LogP contribution >= 0.6 is 22.9 Å². The minimum atomic E-state index is -0.168. The van der Waals surface area contributed by atoms with Crippen molar-refractivity contribution in [2.24, 2.45) is 5.73 Å². The predicted molar refractivity (Wildman–Crippen MR) is 82.3 cm³/mol. The third-order valence-electron chi connectivity index (χ3n) is 2.81. The lowest BCUT2D eigenvalue weighted by Gasteiger charge is -2.22. The standard InChI is InChI=1S/C15H18ClNOS/c1-9-6-10(2)8-12(7-9)18-15(11(3)17)13-4-5-14(16)19-13/h4-8,11,15H,17H2,1-3H3. The van der Waals surface area contributed by atoms with Gasteiger partial charge in [0.15, 0.2) is 0 Å². The molecule has 1 aromatic carbocycles. The summed E-state index contributed by atoms with van der Waals surface area (Å²) >= 11 is 7.50. The molecule has 4 heteroatoms. The van der Waals surface area contributed by atoms with Crippen molar-refractivity contribution < 1.29 is 4.74 Å². The molecule has 2 aromatic rings. The molecule has 0 fully saturated rings. The van der Waals surface area contributed by atoms with Crippen molar-refractivity contribution in [1.82, 2.24) is 0 Å². The van der Waals surface area contributed by atoms with Crippen molar-refractivity contribution in [1.29, 1.82) is 0 Å². The van der Waals surface area contributed by atoms with Gasteiger partial charge in [-0.05, 0) is 56.2 Å². The van der Waals surface area contributed by atoms with Crippen molar-refractivity contribution in [3.8, 4) is 5.75 Å². The van der Waals surface area contributed by atoms with Crippen molar-refractivity contribution in [3.05, 3.63) is 50.7 Å². The minimum absolute atomic E-state index is 0.101. The van der Waals surface area contributed by atoms with Gasteiger partial charge in [-0.3, -0.25) is 0 Å². The average Bonchev–Trinajstić information content (AvgIpc) is 2.70. The van der Waals surface area contributed by atoms with Crippen LogP contribution in [0.2, 0.25) is 4.34 Å². The Bertz CT molecular complexity index is 545. The Morgan fingerprint density at radius 3 is 2.26 bits per heavy atom. The Kier molecular flexibility index (Phi) is 4.50. The topological polar surface area (TPSA) is 35.2 Å². The van der Waals surface area contributed by atoms with Gasteiger partial charge >= 0.3 is 0 Å². The summed E-state index contributed by atoms with van der Waals surface area (Å²) in [5, 5.41) is 0. The van der Waals surface area contributed by atoms with Crippen LogP contribution in [0.1, 0.15) is 29.0 Å². The van der Waals surface area contributed by atoms with Crippen LogP contribution in [0.3, 0.4) is 0 Å². The number of thiophene rings is 1. The Hall–Kier alpha value is -1.03. The van der Waals surface area contributed by atoms with Crippen LogP contribution in [-0.2, 0) is 0 Å². The first-order chi connectivity index (χ1) is 8.95. The normalized spacial score (nSPS) is 14.2. The first-order valence-electron chi connectivity index (χ1n) is 6.21. The van der Waals surface area contributed by atoms with Crippen LogP contribution in [0.25, 0.3) is 0 Å². The first-order valence-corrected chi connectivity index (χ1v) is 7.41. The van der Waals surface area contributed by atoms with E-state index in [2.05, 4.69) is 19.9 Å². The van der Waals surface area contributed by atoms with E-state index < -0.39 is 0 Å². The molecule has 2 N–H and O–H groups in total. The Labute approximate surface area is 123 Å². The quantitative estimate of drug-likeness (QED) is 0.902. The molecule has 2 atom stereocenters. The van der Waals surface area contributed by atoms with Gasteiger partial charge in [0, 0.05) is 10.9 Å². The zero-order valence-electron chi connectivity index (χ0n) is 11.3. The van der Waals surface area contributed by atoms with Gasteiger partial charge in [-0.2, -0.15) is 0 Å². The molecule has 2 rings (SSSR count). The Morgan fingerprint density at radius 2 is 1.79 bits per heavy atom. The molecule has 1 heterocycles. The van der Waals surface area contributed by atoms with Gasteiger partial charge in [-0.1, -0.05) is 17.7 Å². The van der Waals surface area contributed by atoms with Gasteiger partial charge in [-0.15, -0.1) is 11.3 Å². The predicted octanol–water partition coefficient (Wildman–Crippen LogP) is 4.49. The Balaban J connectivity index is 2.26. The van der Waals surface area contributed by atoms with E-state index in [0.717, 1.165) is 15.0 Å². The zero-order valence-corrected chi connectivity index (χ0v) is 12.9. The summed E-state index contributed by atoms with van der Waals surface area (Å²) in [7, 11) is 0. The molecule has 0 amide bonds. The molecule has 102 valence electrons. The van der Waals surface area contributed by atoms with E-state index in [1.807, 2.05) is 31.2 Å². The third-order valence-corrected chi connectivity index (χ3v) is 4.10. The van der Waals surface area contributed by atoms with Crippen LogP contribution in [0, 0.1) is 13.8 Å². The third kappa shape index (κ3) is 3.72. The lowest BCUT2D eigenvalue weighted by molar-refractivity contribution is 0.184. The maximum Gasteiger partial charge on any atom is 0.148 e. The van der Waals surface area contributed by atoms with Gasteiger partial charge in [-0.25, -0.2) is 0 Å². The van der Waals surface area contributed by atoms with Gasteiger partial charge in [0.1, 0.15) is 11.9 Å². The van der Waals surface area contributed by atoms with E-state index in [1.54, 1.807) is 0 Å². The van der Waals surface area contributed by atoms with E-state index in [-0.39, 0.29) is 12.1 Å². The molecule has 1 aromatic heterocycles. The molecule has 0 bridgehead atoms. The van der Waals surface area contributed by atoms with Gasteiger partial charge in [0.2, 0.25) is 0 Å². The van der Waals surface area contributed by atoms with Crippen LogP contribution < -0.4 is 10.5 Å². The van der Waals surface area contributed by atoms with E-state index >= 15 is 0 Å². The second-order valence-electron chi connectivity index (χ2n) is 4.86. The highest BCUT2D eigenvalue weighted by atomic mass is 35.5. The maximum absolute atomic E-state index is 6.06. The van der Waals surface area contributed by atoms with E-state index in [9.17, 15) is 0 Å². The van der Waals surface area contributed by atoms with Gasteiger partial charge < -0.3 is 10.5 Å². The number of ether oxygens (including phenoxy) is 1. The number of rotatable bonds is 4. The number of benzene rings is 1. The molecular formula is C15H18ClNOS. The number of nitrogens with two attached hydrogens (primary N) is 1. The maximum atomic E-state index is 6.06. The van der Waals surface area contributed by atoms with Crippen LogP contribution in [0.5, 0.6) is 5.75 Å². The molecule has 0 saturated heterocycles. The van der Waals surface area contributed by atoms with Crippen LogP contribution in [0.4, 0.5) is 0 Å². The average molecular weight is 296 g/mol. The second-order valence-corrected chi connectivity index (χ2v) is 6.61. The molecule has 0 aliphatic heterocycles. The van der Waals surface area contributed by atoms with Crippen molar-refractivity contribution in [2.45, 2.75) is 32.9 Å². The monoisotopic (exact) mass is 295 g/mol. The lowest BCUT2D eigenvalue weighted by Crippen LogP contribution is -2.28. The van der Waals surface area contributed by atoms with E-state index in [0.29, 0.717) is 0 Å². The number of aryl methyl sites for hydroxylation is 2. The van der Waals surface area contributed by atoms with E-state index in [1.165, 1.54) is 22.5 Å². The summed E-state index contributed by atoms with van der Waals surface area (Å²) in [6.45, 7) is 6.06. The molecule has 0 saturated carbocycles. The summed E-state index contributed by atoms with van der Waals surface area (Å²) in [5.41, 5.74) is 8.41. The molecule has 0 aliphatic rings. The summed E-state index contributed by atoms with van der Waals surface area (Å²) in [6, 6.07) is 9.92. The van der Waals surface area contributed by atoms with Gasteiger partial charge in [0.05, 0.1) is 4.34 Å². The molecule has 19 heavy (non-hydrogen) atoms. The summed E-state index contributed by atoms with van der Waals surface area (Å²) < 4.78 is 6.82. The van der Waals surface area contributed by atoms with E-state index in [4.69, 9.17) is 22.1 Å². The fraction of sp³-hybridized carbons (Fsp3) is 0.333. The largest absolute Gasteiger partial charge is 0.483 e. The fourth-order valence-corrected chi connectivity index (χ4v) is 3.26. The molecule has 2 unspecified atom stereocenters. The highest BCUT2D eigenvalue weighted by Gasteiger charge is 2.20. The number of hydrogen-bond donors (Lipinski definition) is 1. The highest BCUT2D eigenvalue weighted by Crippen LogP contribution is 2.32. The molecule has 0 radical (unpaired) electrons. The molecular weight excluding hydrogens is 278 g/mol. The number of hydrogen-bond acceptors (Lipinski definition) is 3. The smallest absolute Gasteiger partial charge is 0.148 e. The SMILES string of the molecule is Cc1cc(C)cc(OC(c2ccc(Cl)s2)C(C)N)c1. The van der Waals surface area contributed by atoms with Crippen molar-refractivity contribution in [2.75, 3.05) is 0 Å². The summed E-state index contributed by atoms with van der Waals surface area (Å²) in [4.78, 5) is 1.05. The molecule has 2 nitrogen and oxygen atoms in total. The first kappa shape index (κ1) is 14.4. The highest BCUT2D eigenvalue weighted by molar-refractivity contribution is 7.16.